The molecular formula is C8H7ClFN5O2S. The predicted molar refractivity (Wildman–Crippen MR) is 59.6 cm³/mol. The van der Waals surface area contributed by atoms with Crippen LogP contribution in [0.4, 0.5) is 4.39 Å². The standard InChI is InChI=1S/C8H7ClFN5O2S/c9-6-3-5(1-2-7(6)10)18(16,17)11-4-8-12-14-15-13-8/h1-3,11H,4H2,(H,12,13,14,15). The van der Waals surface area contributed by atoms with E-state index in [1.54, 1.807) is 0 Å². The number of rotatable bonds is 4. The van der Waals surface area contributed by atoms with Crippen molar-refractivity contribution >= 4 is 21.6 Å². The summed E-state index contributed by atoms with van der Waals surface area (Å²) in [4.78, 5) is -0.141. The summed E-state index contributed by atoms with van der Waals surface area (Å²) >= 11 is 5.51. The molecule has 2 N–H and O–H groups in total. The number of nitrogens with zero attached hydrogens (tertiary/aromatic N) is 3. The molecule has 18 heavy (non-hydrogen) atoms. The average Bonchev–Trinajstić information content (AvgIpc) is 2.83. The highest BCUT2D eigenvalue weighted by Crippen LogP contribution is 2.19. The first-order chi connectivity index (χ1) is 8.49. The predicted octanol–water partition coefficient (Wildman–Crippen LogP) is 0.471. The summed E-state index contributed by atoms with van der Waals surface area (Å²) in [6, 6.07) is 3.11. The lowest BCUT2D eigenvalue weighted by atomic mass is 10.3. The largest absolute Gasteiger partial charge is 0.241 e. The SMILES string of the molecule is O=S(=O)(NCc1nn[nH]n1)c1ccc(F)c(Cl)c1. The maximum atomic E-state index is 12.9. The third kappa shape index (κ3) is 2.81. The lowest BCUT2D eigenvalue weighted by Crippen LogP contribution is -2.23. The normalized spacial score (nSPS) is 11.7. The van der Waals surface area contributed by atoms with Crippen LogP contribution in [0.2, 0.25) is 5.02 Å². The number of aromatic amines is 1. The van der Waals surface area contributed by atoms with Gasteiger partial charge in [-0.15, -0.1) is 10.2 Å². The first kappa shape index (κ1) is 12.9. The molecule has 0 spiro atoms. The molecule has 1 heterocycles. The fraction of sp³-hybridized carbons (Fsp3) is 0.125. The van der Waals surface area contributed by atoms with E-state index in [2.05, 4.69) is 25.3 Å². The van der Waals surface area contributed by atoms with E-state index in [4.69, 9.17) is 11.6 Å². The van der Waals surface area contributed by atoms with E-state index in [0.717, 1.165) is 18.2 Å². The second-order valence-corrected chi connectivity index (χ2v) is 5.40. The molecule has 1 aromatic carbocycles. The molecular weight excluding hydrogens is 285 g/mol. The van der Waals surface area contributed by atoms with Crippen LogP contribution >= 0.6 is 11.6 Å². The quantitative estimate of drug-likeness (QED) is 0.853. The topological polar surface area (TPSA) is 101 Å². The molecule has 0 unspecified atom stereocenters. The fourth-order valence-corrected chi connectivity index (χ4v) is 2.40. The van der Waals surface area contributed by atoms with E-state index < -0.39 is 15.8 Å². The summed E-state index contributed by atoms with van der Waals surface area (Å²) in [7, 11) is -3.80. The third-order valence-corrected chi connectivity index (χ3v) is 3.70. The fourth-order valence-electron chi connectivity index (χ4n) is 1.14. The van der Waals surface area contributed by atoms with Gasteiger partial charge in [0.25, 0.3) is 0 Å². The minimum atomic E-state index is -3.80. The summed E-state index contributed by atoms with van der Waals surface area (Å²) in [6.07, 6.45) is 0. The van der Waals surface area contributed by atoms with Gasteiger partial charge >= 0.3 is 0 Å². The zero-order valence-corrected chi connectivity index (χ0v) is 10.3. The van der Waals surface area contributed by atoms with Crippen molar-refractivity contribution in [1.29, 1.82) is 0 Å². The van der Waals surface area contributed by atoms with Gasteiger partial charge in [-0.25, -0.2) is 17.5 Å². The van der Waals surface area contributed by atoms with Gasteiger partial charge in [0.1, 0.15) is 5.82 Å². The van der Waals surface area contributed by atoms with Crippen LogP contribution in [0.15, 0.2) is 23.1 Å². The van der Waals surface area contributed by atoms with E-state index in [-0.39, 0.29) is 22.3 Å². The van der Waals surface area contributed by atoms with Crippen LogP contribution in [-0.2, 0) is 16.6 Å². The number of halogens is 2. The van der Waals surface area contributed by atoms with Crippen LogP contribution < -0.4 is 4.72 Å². The van der Waals surface area contributed by atoms with Gasteiger partial charge in [0.05, 0.1) is 16.5 Å². The Morgan fingerprint density at radius 2 is 2.22 bits per heavy atom. The zero-order valence-electron chi connectivity index (χ0n) is 8.76. The van der Waals surface area contributed by atoms with E-state index in [9.17, 15) is 12.8 Å². The molecule has 0 saturated heterocycles. The smallest absolute Gasteiger partial charge is 0.207 e. The van der Waals surface area contributed by atoms with Gasteiger partial charge in [0.15, 0.2) is 5.82 Å². The molecule has 0 saturated carbocycles. The van der Waals surface area contributed by atoms with Crippen LogP contribution in [-0.4, -0.2) is 29.0 Å². The molecule has 0 bridgehead atoms. The second kappa shape index (κ2) is 4.96. The average molecular weight is 292 g/mol. The Bertz CT molecular complexity index is 646. The minimum Gasteiger partial charge on any atom is -0.207 e. The summed E-state index contributed by atoms with van der Waals surface area (Å²) in [6.45, 7) is -0.131. The van der Waals surface area contributed by atoms with Crippen molar-refractivity contribution in [2.24, 2.45) is 0 Å². The highest BCUT2D eigenvalue weighted by atomic mass is 35.5. The Morgan fingerprint density at radius 3 is 2.83 bits per heavy atom. The van der Waals surface area contributed by atoms with E-state index in [1.807, 2.05) is 0 Å². The van der Waals surface area contributed by atoms with Crippen molar-refractivity contribution in [2.75, 3.05) is 0 Å². The minimum absolute atomic E-state index is 0.131. The number of sulfonamides is 1. The Hall–Kier alpha value is -1.58. The lowest BCUT2D eigenvalue weighted by Gasteiger charge is -2.05. The van der Waals surface area contributed by atoms with Crippen LogP contribution in [0.1, 0.15) is 5.82 Å². The van der Waals surface area contributed by atoms with Gasteiger partial charge in [-0.05, 0) is 18.2 Å². The van der Waals surface area contributed by atoms with Gasteiger partial charge in [-0.2, -0.15) is 5.21 Å². The molecule has 0 fully saturated rings. The number of benzene rings is 1. The van der Waals surface area contributed by atoms with Crippen LogP contribution in [0.25, 0.3) is 0 Å². The van der Waals surface area contributed by atoms with Crippen molar-refractivity contribution in [1.82, 2.24) is 25.3 Å². The molecule has 0 amide bonds. The van der Waals surface area contributed by atoms with Crippen molar-refractivity contribution in [3.63, 3.8) is 0 Å². The number of nitrogens with one attached hydrogen (secondary N) is 2. The molecule has 0 radical (unpaired) electrons. The Kier molecular flexibility index (Phi) is 3.55. The Labute approximate surface area is 106 Å². The summed E-state index contributed by atoms with van der Waals surface area (Å²) in [5, 5.41) is 12.4. The number of tetrazole rings is 1. The summed E-state index contributed by atoms with van der Waals surface area (Å²) < 4.78 is 38.8. The first-order valence-corrected chi connectivity index (χ1v) is 6.52. The highest BCUT2D eigenvalue weighted by molar-refractivity contribution is 7.89. The summed E-state index contributed by atoms with van der Waals surface area (Å²) in [5.41, 5.74) is 0. The maximum Gasteiger partial charge on any atom is 0.241 e. The Balaban J connectivity index is 2.17. The van der Waals surface area contributed by atoms with Gasteiger partial charge in [0.2, 0.25) is 10.0 Å². The zero-order chi connectivity index (χ0) is 13.2. The molecule has 7 nitrogen and oxygen atoms in total. The third-order valence-electron chi connectivity index (χ3n) is 2.01. The molecule has 0 aliphatic rings. The molecule has 0 aliphatic heterocycles. The number of H-pyrrole nitrogens is 1. The number of hydrogen-bond acceptors (Lipinski definition) is 5. The van der Waals surface area contributed by atoms with Crippen LogP contribution in [0.3, 0.4) is 0 Å². The molecule has 0 aliphatic carbocycles. The Morgan fingerprint density at radius 1 is 1.44 bits per heavy atom. The molecule has 2 rings (SSSR count). The van der Waals surface area contributed by atoms with Gasteiger partial charge in [0, 0.05) is 0 Å². The van der Waals surface area contributed by atoms with E-state index in [1.165, 1.54) is 0 Å². The number of aromatic nitrogens is 4. The maximum absolute atomic E-state index is 12.9. The molecule has 0 atom stereocenters. The van der Waals surface area contributed by atoms with Crippen molar-refractivity contribution < 1.29 is 12.8 Å². The second-order valence-electron chi connectivity index (χ2n) is 3.23. The van der Waals surface area contributed by atoms with E-state index >= 15 is 0 Å². The molecule has 1 aromatic heterocycles. The van der Waals surface area contributed by atoms with Gasteiger partial charge in [-0.3, -0.25) is 0 Å². The molecule has 10 heteroatoms. The van der Waals surface area contributed by atoms with E-state index in [0.29, 0.717) is 0 Å². The lowest BCUT2D eigenvalue weighted by molar-refractivity contribution is 0.578. The van der Waals surface area contributed by atoms with Crippen LogP contribution in [0, 0.1) is 5.82 Å². The van der Waals surface area contributed by atoms with Crippen molar-refractivity contribution in [2.45, 2.75) is 11.4 Å². The van der Waals surface area contributed by atoms with Crippen molar-refractivity contribution in [3.05, 3.63) is 34.9 Å². The first-order valence-electron chi connectivity index (χ1n) is 4.66. The van der Waals surface area contributed by atoms with Gasteiger partial charge < -0.3 is 0 Å². The number of hydrogen-bond donors (Lipinski definition) is 2. The van der Waals surface area contributed by atoms with Crippen molar-refractivity contribution in [3.8, 4) is 0 Å². The highest BCUT2D eigenvalue weighted by Gasteiger charge is 2.16. The van der Waals surface area contributed by atoms with Crippen LogP contribution in [0.5, 0.6) is 0 Å². The monoisotopic (exact) mass is 291 g/mol. The molecule has 96 valence electrons. The van der Waals surface area contributed by atoms with Gasteiger partial charge in [-0.1, -0.05) is 16.8 Å². The summed E-state index contributed by atoms with van der Waals surface area (Å²) in [5.74, 6) is -0.499. The molecule has 2 aromatic rings.